The summed E-state index contributed by atoms with van der Waals surface area (Å²) in [5.74, 6) is 2.19. The number of aromatic nitrogens is 2. The molecule has 2 aromatic carbocycles. The highest BCUT2D eigenvalue weighted by atomic mass is 16.5. The lowest BCUT2D eigenvalue weighted by atomic mass is 10.2. The monoisotopic (exact) mass is 378 g/mol. The Morgan fingerprint density at radius 3 is 2.36 bits per heavy atom. The summed E-state index contributed by atoms with van der Waals surface area (Å²) < 4.78 is 10.3. The van der Waals surface area contributed by atoms with Gasteiger partial charge in [0.1, 0.15) is 23.2 Å². The van der Waals surface area contributed by atoms with Gasteiger partial charge in [-0.25, -0.2) is 14.8 Å². The van der Waals surface area contributed by atoms with Crippen molar-refractivity contribution in [2.24, 2.45) is 0 Å². The molecule has 2 N–H and O–H groups in total. The van der Waals surface area contributed by atoms with Gasteiger partial charge in [0.2, 0.25) is 0 Å². The molecule has 0 unspecified atom stereocenters. The number of rotatable bonds is 7. The molecule has 7 heteroatoms. The number of para-hydroxylation sites is 1. The quantitative estimate of drug-likeness (QED) is 0.587. The largest absolute Gasteiger partial charge is 0.497 e. The van der Waals surface area contributed by atoms with Crippen LogP contribution < -0.4 is 15.4 Å². The topological polar surface area (TPSA) is 85.4 Å². The van der Waals surface area contributed by atoms with Crippen molar-refractivity contribution in [3.05, 3.63) is 66.0 Å². The van der Waals surface area contributed by atoms with Gasteiger partial charge in [0, 0.05) is 11.8 Å². The number of benzene rings is 2. The Kier molecular flexibility index (Phi) is 6.06. The fraction of sp³-hybridized carbons (Fsp3) is 0.190. The Hall–Kier alpha value is -3.61. The van der Waals surface area contributed by atoms with Crippen LogP contribution in [0.15, 0.2) is 54.6 Å². The number of anilines is 4. The highest BCUT2D eigenvalue weighted by Crippen LogP contribution is 2.24. The lowest BCUT2D eigenvalue weighted by Gasteiger charge is -2.13. The summed E-state index contributed by atoms with van der Waals surface area (Å²) >= 11 is 0. The van der Waals surface area contributed by atoms with Crippen molar-refractivity contribution >= 4 is 29.0 Å². The molecule has 0 radical (unpaired) electrons. The number of hydrogen-bond donors (Lipinski definition) is 2. The molecule has 28 heavy (non-hydrogen) atoms. The maximum atomic E-state index is 12.2. The summed E-state index contributed by atoms with van der Waals surface area (Å²) in [6.45, 7) is 3.90. The van der Waals surface area contributed by atoms with E-state index in [1.165, 1.54) is 0 Å². The highest BCUT2D eigenvalue weighted by molar-refractivity contribution is 5.96. The minimum Gasteiger partial charge on any atom is -0.497 e. The van der Waals surface area contributed by atoms with Gasteiger partial charge in [0.15, 0.2) is 0 Å². The second-order valence-electron chi connectivity index (χ2n) is 5.93. The predicted molar refractivity (Wildman–Crippen MR) is 109 cm³/mol. The average molecular weight is 378 g/mol. The first-order valence-corrected chi connectivity index (χ1v) is 8.89. The second kappa shape index (κ2) is 8.85. The minimum atomic E-state index is -0.382. The third-order valence-corrected chi connectivity index (χ3v) is 3.89. The van der Waals surface area contributed by atoms with Crippen LogP contribution in [-0.2, 0) is 4.74 Å². The minimum absolute atomic E-state index is 0.315. The lowest BCUT2D eigenvalue weighted by molar-refractivity contribution is 0.0527. The maximum Gasteiger partial charge on any atom is 0.340 e. The summed E-state index contributed by atoms with van der Waals surface area (Å²) in [6.07, 6.45) is 0. The molecular weight excluding hydrogens is 356 g/mol. The van der Waals surface area contributed by atoms with E-state index in [9.17, 15) is 4.79 Å². The molecule has 0 aliphatic heterocycles. The number of methoxy groups -OCH3 is 1. The number of carbonyl (C=O) groups is 1. The van der Waals surface area contributed by atoms with Crippen LogP contribution in [0.1, 0.15) is 23.1 Å². The molecule has 1 heterocycles. The fourth-order valence-corrected chi connectivity index (χ4v) is 2.63. The van der Waals surface area contributed by atoms with Gasteiger partial charge in [-0.2, -0.15) is 0 Å². The first kappa shape index (κ1) is 19.2. The van der Waals surface area contributed by atoms with Gasteiger partial charge in [0.25, 0.3) is 0 Å². The van der Waals surface area contributed by atoms with Gasteiger partial charge in [-0.1, -0.05) is 12.1 Å². The predicted octanol–water partition coefficient (Wildman–Crippen LogP) is 4.46. The van der Waals surface area contributed by atoms with E-state index in [4.69, 9.17) is 9.47 Å². The van der Waals surface area contributed by atoms with Crippen LogP contribution in [0.3, 0.4) is 0 Å². The molecule has 144 valence electrons. The molecule has 0 aliphatic carbocycles. The molecule has 0 saturated carbocycles. The van der Waals surface area contributed by atoms with Gasteiger partial charge in [0.05, 0.1) is 25.0 Å². The van der Waals surface area contributed by atoms with Crippen LogP contribution >= 0.6 is 0 Å². The SMILES string of the molecule is CCOC(=O)c1ccccc1Nc1cc(Nc2ccc(OC)cc2)nc(C)n1. The summed E-state index contributed by atoms with van der Waals surface area (Å²) in [5.41, 5.74) is 1.94. The summed E-state index contributed by atoms with van der Waals surface area (Å²) in [4.78, 5) is 21.0. The highest BCUT2D eigenvalue weighted by Gasteiger charge is 2.13. The Morgan fingerprint density at radius 1 is 1.00 bits per heavy atom. The van der Waals surface area contributed by atoms with Crippen molar-refractivity contribution in [3.63, 3.8) is 0 Å². The summed E-state index contributed by atoms with van der Waals surface area (Å²) in [7, 11) is 1.63. The van der Waals surface area contributed by atoms with Crippen molar-refractivity contribution in [1.82, 2.24) is 9.97 Å². The van der Waals surface area contributed by atoms with E-state index in [0.29, 0.717) is 35.3 Å². The zero-order valence-electron chi connectivity index (χ0n) is 16.0. The number of nitrogens with zero attached hydrogens (tertiary/aromatic N) is 2. The van der Waals surface area contributed by atoms with Crippen LogP contribution in [0.5, 0.6) is 5.75 Å². The molecule has 0 atom stereocenters. The number of nitrogens with one attached hydrogen (secondary N) is 2. The van der Waals surface area contributed by atoms with Crippen molar-refractivity contribution < 1.29 is 14.3 Å². The van der Waals surface area contributed by atoms with Crippen LogP contribution in [0.25, 0.3) is 0 Å². The van der Waals surface area contributed by atoms with Gasteiger partial charge in [-0.05, 0) is 50.2 Å². The number of esters is 1. The first-order valence-electron chi connectivity index (χ1n) is 8.89. The molecule has 0 fully saturated rings. The van der Waals surface area contributed by atoms with Gasteiger partial charge in [-0.3, -0.25) is 0 Å². The van der Waals surface area contributed by atoms with E-state index in [2.05, 4.69) is 20.6 Å². The summed E-state index contributed by atoms with van der Waals surface area (Å²) in [6, 6.07) is 16.5. The molecule has 0 saturated heterocycles. The van der Waals surface area contributed by atoms with Crippen LogP contribution in [0.2, 0.25) is 0 Å². The van der Waals surface area contributed by atoms with Crippen molar-refractivity contribution in [1.29, 1.82) is 0 Å². The number of ether oxygens (including phenoxy) is 2. The third kappa shape index (κ3) is 4.76. The van der Waals surface area contributed by atoms with Crippen molar-refractivity contribution in [2.75, 3.05) is 24.4 Å². The molecule has 0 aliphatic rings. The fourth-order valence-electron chi connectivity index (χ4n) is 2.63. The van der Waals surface area contributed by atoms with Gasteiger partial charge < -0.3 is 20.1 Å². The molecule has 3 aromatic rings. The van der Waals surface area contributed by atoms with Crippen molar-refractivity contribution in [3.8, 4) is 5.75 Å². The summed E-state index contributed by atoms with van der Waals surface area (Å²) in [5, 5.41) is 6.43. The van der Waals surface area contributed by atoms with E-state index < -0.39 is 0 Å². The molecule has 0 bridgehead atoms. The normalized spacial score (nSPS) is 10.2. The Bertz CT molecular complexity index is 958. The van der Waals surface area contributed by atoms with Crippen molar-refractivity contribution in [2.45, 2.75) is 13.8 Å². The Morgan fingerprint density at radius 2 is 1.68 bits per heavy atom. The zero-order valence-corrected chi connectivity index (χ0v) is 16.0. The molecule has 3 rings (SSSR count). The molecule has 0 amide bonds. The molecule has 7 nitrogen and oxygen atoms in total. The average Bonchev–Trinajstić information content (AvgIpc) is 2.69. The Balaban J connectivity index is 1.83. The number of aryl methyl sites for hydroxylation is 1. The molecule has 1 aromatic heterocycles. The van der Waals surface area contributed by atoms with E-state index in [0.717, 1.165) is 11.4 Å². The Labute approximate surface area is 163 Å². The molecule has 0 spiro atoms. The van der Waals surface area contributed by atoms with E-state index in [1.54, 1.807) is 38.3 Å². The lowest BCUT2D eigenvalue weighted by Crippen LogP contribution is -2.09. The maximum absolute atomic E-state index is 12.2. The van der Waals surface area contributed by atoms with E-state index in [-0.39, 0.29) is 5.97 Å². The van der Waals surface area contributed by atoms with Crippen LogP contribution in [-0.4, -0.2) is 29.7 Å². The smallest absolute Gasteiger partial charge is 0.340 e. The van der Waals surface area contributed by atoms with Crippen LogP contribution in [0.4, 0.5) is 23.0 Å². The van der Waals surface area contributed by atoms with Gasteiger partial charge >= 0.3 is 5.97 Å². The third-order valence-electron chi connectivity index (χ3n) is 3.89. The van der Waals surface area contributed by atoms with Gasteiger partial charge in [-0.15, -0.1) is 0 Å². The second-order valence-corrected chi connectivity index (χ2v) is 5.93. The number of hydrogen-bond acceptors (Lipinski definition) is 7. The number of carbonyl (C=O) groups excluding carboxylic acids is 1. The van der Waals surface area contributed by atoms with E-state index in [1.807, 2.05) is 37.3 Å². The first-order chi connectivity index (χ1) is 13.6. The van der Waals surface area contributed by atoms with Crippen LogP contribution in [0, 0.1) is 6.92 Å². The standard InChI is InChI=1S/C21H22N4O3/c1-4-28-21(26)17-7-5-6-8-18(17)25-20-13-19(22-14(2)23-20)24-15-9-11-16(27-3)12-10-15/h5-13H,4H2,1-3H3,(H2,22,23,24,25). The zero-order chi connectivity index (χ0) is 19.9. The van der Waals surface area contributed by atoms with E-state index >= 15 is 0 Å². The molecular formula is C21H22N4O3.